The fourth-order valence-electron chi connectivity index (χ4n) is 1.35. The molecule has 0 aromatic rings. The standard InChI is InChI=1S/C8H9BClFO3/c1-4(12)5-6(13)8(11,2-3-10)7(9)14-5/h4-7,12-13H,1H3/t4?,5-,6?,7-,8-/m1/s1. The molecule has 1 saturated heterocycles. The van der Waals surface area contributed by atoms with E-state index in [0.29, 0.717) is 0 Å². The minimum atomic E-state index is -2.43. The van der Waals surface area contributed by atoms with E-state index in [0.717, 1.165) is 0 Å². The van der Waals surface area contributed by atoms with Crippen LogP contribution in [-0.2, 0) is 4.74 Å². The quantitative estimate of drug-likeness (QED) is 0.462. The molecule has 2 N–H and O–H groups in total. The van der Waals surface area contributed by atoms with Crippen LogP contribution in [0.1, 0.15) is 6.92 Å². The van der Waals surface area contributed by atoms with Crippen molar-refractivity contribution in [3.05, 3.63) is 0 Å². The summed E-state index contributed by atoms with van der Waals surface area (Å²) < 4.78 is 18.7. The number of hydrogen-bond donors (Lipinski definition) is 2. The van der Waals surface area contributed by atoms with Crippen molar-refractivity contribution in [3.8, 4) is 11.3 Å². The average molecular weight is 218 g/mol. The van der Waals surface area contributed by atoms with Crippen LogP contribution in [0.2, 0.25) is 0 Å². The highest BCUT2D eigenvalue weighted by Gasteiger charge is 2.55. The molecule has 1 rings (SSSR count). The lowest BCUT2D eigenvalue weighted by Gasteiger charge is -2.21. The van der Waals surface area contributed by atoms with Crippen molar-refractivity contribution in [2.45, 2.75) is 36.9 Å². The maximum Gasteiger partial charge on any atom is 0.217 e. The molecule has 5 atom stereocenters. The number of rotatable bonds is 1. The smallest absolute Gasteiger partial charge is 0.217 e. The normalized spacial score (nSPS) is 44.2. The van der Waals surface area contributed by atoms with E-state index in [1.165, 1.54) is 6.92 Å². The predicted octanol–water partition coefficient (Wildman–Crippen LogP) is -0.471. The second kappa shape index (κ2) is 4.07. The molecule has 1 aliphatic heterocycles. The summed E-state index contributed by atoms with van der Waals surface area (Å²) in [4.78, 5) is 0. The minimum absolute atomic E-state index is 1.04. The summed E-state index contributed by atoms with van der Waals surface area (Å²) in [7, 11) is 5.29. The van der Waals surface area contributed by atoms with Crippen LogP contribution in [0.3, 0.4) is 0 Å². The van der Waals surface area contributed by atoms with Crippen LogP contribution in [0.5, 0.6) is 0 Å². The number of aliphatic hydroxyl groups excluding tert-OH is 2. The molecule has 1 fully saturated rings. The molecular formula is C8H9BClFO3. The fourth-order valence-corrected chi connectivity index (χ4v) is 1.49. The lowest BCUT2D eigenvalue weighted by molar-refractivity contribution is -0.0466. The molecule has 3 nitrogen and oxygen atoms in total. The van der Waals surface area contributed by atoms with E-state index in [1.807, 2.05) is 11.3 Å². The molecule has 76 valence electrons. The Hall–Kier alpha value is -0.275. The van der Waals surface area contributed by atoms with Crippen LogP contribution in [0.4, 0.5) is 4.39 Å². The molecule has 0 bridgehead atoms. The zero-order valence-electron chi connectivity index (χ0n) is 7.45. The van der Waals surface area contributed by atoms with Crippen LogP contribution in [0, 0.1) is 11.3 Å². The molecule has 1 heterocycles. The highest BCUT2D eigenvalue weighted by atomic mass is 35.5. The Morgan fingerprint density at radius 2 is 2.29 bits per heavy atom. The van der Waals surface area contributed by atoms with Crippen molar-refractivity contribution < 1.29 is 19.3 Å². The molecule has 1 aliphatic rings. The summed E-state index contributed by atoms with van der Waals surface area (Å²) in [5, 5.41) is 20.4. The molecule has 14 heavy (non-hydrogen) atoms. The highest BCUT2D eigenvalue weighted by molar-refractivity contribution is 6.30. The Morgan fingerprint density at radius 1 is 1.71 bits per heavy atom. The van der Waals surface area contributed by atoms with E-state index in [-0.39, 0.29) is 0 Å². The van der Waals surface area contributed by atoms with Gasteiger partial charge in [-0.05, 0) is 24.4 Å². The van der Waals surface area contributed by atoms with E-state index in [2.05, 4.69) is 0 Å². The monoisotopic (exact) mass is 218 g/mol. The van der Waals surface area contributed by atoms with Gasteiger partial charge in [-0.1, -0.05) is 0 Å². The van der Waals surface area contributed by atoms with Crippen LogP contribution < -0.4 is 0 Å². The van der Waals surface area contributed by atoms with Crippen molar-refractivity contribution >= 4 is 19.4 Å². The van der Waals surface area contributed by atoms with Crippen molar-refractivity contribution in [2.24, 2.45) is 0 Å². The van der Waals surface area contributed by atoms with Crippen molar-refractivity contribution in [2.75, 3.05) is 0 Å². The predicted molar refractivity (Wildman–Crippen MR) is 49.6 cm³/mol. The average Bonchev–Trinajstić information content (AvgIpc) is 2.31. The third kappa shape index (κ3) is 1.75. The first kappa shape index (κ1) is 11.8. The largest absolute Gasteiger partial charge is 0.391 e. The van der Waals surface area contributed by atoms with Crippen LogP contribution in [-0.4, -0.2) is 48.0 Å². The number of halogens is 2. The Labute approximate surface area is 87.6 Å². The van der Waals surface area contributed by atoms with Gasteiger partial charge in [0.15, 0.2) is 0 Å². The zero-order valence-corrected chi connectivity index (χ0v) is 8.20. The van der Waals surface area contributed by atoms with Gasteiger partial charge in [0.25, 0.3) is 0 Å². The van der Waals surface area contributed by atoms with Gasteiger partial charge in [0.2, 0.25) is 5.67 Å². The van der Waals surface area contributed by atoms with E-state index in [4.69, 9.17) is 29.3 Å². The topological polar surface area (TPSA) is 49.7 Å². The van der Waals surface area contributed by atoms with Crippen LogP contribution in [0.25, 0.3) is 0 Å². The first-order valence-electron chi connectivity index (χ1n) is 4.02. The lowest BCUT2D eigenvalue weighted by atomic mass is 9.82. The van der Waals surface area contributed by atoms with Gasteiger partial charge in [-0.15, -0.1) is 0 Å². The molecule has 0 aromatic heterocycles. The first-order valence-corrected chi connectivity index (χ1v) is 4.40. The van der Waals surface area contributed by atoms with Gasteiger partial charge < -0.3 is 14.9 Å². The summed E-state index contributed by atoms with van der Waals surface area (Å²) in [5.41, 5.74) is -2.43. The Balaban J connectivity index is 2.93. The molecule has 6 heteroatoms. The first-order chi connectivity index (χ1) is 6.43. The Kier molecular flexibility index (Phi) is 3.43. The zero-order chi connectivity index (χ0) is 10.9. The molecule has 0 saturated carbocycles. The summed E-state index contributed by atoms with van der Waals surface area (Å²) >= 11 is 5.04. The third-order valence-electron chi connectivity index (χ3n) is 2.17. The lowest BCUT2D eigenvalue weighted by Crippen LogP contribution is -2.45. The SMILES string of the molecule is [B][C@@H]1O[C@H](C(C)O)C(O)[C@]1(F)C#CCl. The van der Waals surface area contributed by atoms with Crippen LogP contribution in [0.15, 0.2) is 0 Å². The minimum Gasteiger partial charge on any atom is -0.391 e. The van der Waals surface area contributed by atoms with Crippen molar-refractivity contribution in [1.29, 1.82) is 0 Å². The summed E-state index contributed by atoms with van der Waals surface area (Å²) in [6.45, 7) is 1.36. The maximum absolute atomic E-state index is 13.8. The van der Waals surface area contributed by atoms with E-state index in [9.17, 15) is 9.50 Å². The van der Waals surface area contributed by atoms with Crippen LogP contribution >= 0.6 is 11.6 Å². The molecule has 0 spiro atoms. The van der Waals surface area contributed by atoms with E-state index >= 15 is 0 Å². The fraction of sp³-hybridized carbons (Fsp3) is 0.750. The number of aliphatic hydroxyl groups is 2. The number of ether oxygens (including phenoxy) is 1. The molecule has 0 aromatic carbocycles. The molecule has 0 amide bonds. The molecular weight excluding hydrogens is 209 g/mol. The number of hydrogen-bond acceptors (Lipinski definition) is 3. The van der Waals surface area contributed by atoms with Gasteiger partial charge in [-0.2, -0.15) is 0 Å². The van der Waals surface area contributed by atoms with Crippen molar-refractivity contribution in [1.82, 2.24) is 0 Å². The van der Waals surface area contributed by atoms with Gasteiger partial charge in [-0.3, -0.25) is 0 Å². The summed E-state index contributed by atoms with van der Waals surface area (Å²) in [5.74, 6) is 1.94. The van der Waals surface area contributed by atoms with Gasteiger partial charge in [0.1, 0.15) is 20.1 Å². The van der Waals surface area contributed by atoms with Crippen molar-refractivity contribution in [3.63, 3.8) is 0 Å². The number of alkyl halides is 1. The summed E-state index contributed by atoms with van der Waals surface area (Å²) in [6.07, 6.45) is -3.73. The Morgan fingerprint density at radius 3 is 2.64 bits per heavy atom. The molecule has 2 radical (unpaired) electrons. The van der Waals surface area contributed by atoms with E-state index in [1.54, 1.807) is 0 Å². The maximum atomic E-state index is 13.8. The summed E-state index contributed by atoms with van der Waals surface area (Å²) in [6, 6.07) is -1.41. The van der Waals surface area contributed by atoms with Gasteiger partial charge >= 0.3 is 0 Å². The highest BCUT2D eigenvalue weighted by Crippen LogP contribution is 2.34. The van der Waals surface area contributed by atoms with Gasteiger partial charge in [0.05, 0.1) is 12.1 Å². The van der Waals surface area contributed by atoms with Gasteiger partial charge in [0, 0.05) is 5.38 Å². The van der Waals surface area contributed by atoms with Gasteiger partial charge in [-0.25, -0.2) is 4.39 Å². The van der Waals surface area contributed by atoms with E-state index < -0.39 is 30.0 Å². The Bertz CT molecular complexity index is 277. The third-order valence-corrected chi connectivity index (χ3v) is 2.27. The molecule has 2 unspecified atom stereocenters. The molecule has 0 aliphatic carbocycles. The second-order valence-corrected chi connectivity index (χ2v) is 3.38. The second-order valence-electron chi connectivity index (χ2n) is 3.19.